The molecular formula is C19H19ClN2O2S. The Hall–Kier alpha value is -1.95. The Bertz CT molecular complexity index is 975. The second kappa shape index (κ2) is 7.95. The maximum Gasteiger partial charge on any atom is 0.279 e. The van der Waals surface area contributed by atoms with Gasteiger partial charge in [0.15, 0.2) is 4.80 Å². The molecule has 0 bridgehead atoms. The SMILES string of the molecule is CCOCCn1c(=NC(=O)c2ccccc2C)sc2cc(Cl)ccc21. The van der Waals surface area contributed by atoms with Crippen LogP contribution in [0.4, 0.5) is 0 Å². The summed E-state index contributed by atoms with van der Waals surface area (Å²) < 4.78 is 8.49. The molecule has 0 spiro atoms. The maximum atomic E-state index is 12.6. The fourth-order valence-electron chi connectivity index (χ4n) is 2.61. The highest BCUT2D eigenvalue weighted by molar-refractivity contribution is 7.16. The van der Waals surface area contributed by atoms with E-state index in [-0.39, 0.29) is 5.91 Å². The van der Waals surface area contributed by atoms with Gasteiger partial charge in [-0.3, -0.25) is 4.79 Å². The first-order valence-corrected chi connectivity index (χ1v) is 9.31. The molecule has 6 heteroatoms. The number of carbonyl (C=O) groups excluding carboxylic acids is 1. The Morgan fingerprint density at radius 1 is 1.28 bits per heavy atom. The zero-order valence-corrected chi connectivity index (χ0v) is 15.7. The monoisotopic (exact) mass is 374 g/mol. The lowest BCUT2D eigenvalue weighted by molar-refractivity contribution is 0.0996. The highest BCUT2D eigenvalue weighted by Crippen LogP contribution is 2.22. The van der Waals surface area contributed by atoms with E-state index >= 15 is 0 Å². The summed E-state index contributed by atoms with van der Waals surface area (Å²) >= 11 is 7.57. The minimum Gasteiger partial charge on any atom is -0.380 e. The van der Waals surface area contributed by atoms with E-state index in [1.165, 1.54) is 11.3 Å². The van der Waals surface area contributed by atoms with Gasteiger partial charge in [-0.25, -0.2) is 0 Å². The lowest BCUT2D eigenvalue weighted by Gasteiger charge is -2.05. The van der Waals surface area contributed by atoms with Gasteiger partial charge in [-0.05, 0) is 43.7 Å². The van der Waals surface area contributed by atoms with Crippen LogP contribution in [0.15, 0.2) is 47.5 Å². The van der Waals surface area contributed by atoms with Gasteiger partial charge in [-0.2, -0.15) is 4.99 Å². The molecule has 0 saturated carbocycles. The highest BCUT2D eigenvalue weighted by Gasteiger charge is 2.11. The van der Waals surface area contributed by atoms with Gasteiger partial charge in [0.2, 0.25) is 0 Å². The number of hydrogen-bond donors (Lipinski definition) is 0. The number of nitrogens with zero attached hydrogens (tertiary/aromatic N) is 2. The van der Waals surface area contributed by atoms with Gasteiger partial charge in [0.1, 0.15) is 0 Å². The van der Waals surface area contributed by atoms with Gasteiger partial charge in [-0.15, -0.1) is 0 Å². The number of carbonyl (C=O) groups is 1. The van der Waals surface area contributed by atoms with Crippen LogP contribution in [0.2, 0.25) is 5.02 Å². The molecule has 25 heavy (non-hydrogen) atoms. The predicted molar refractivity (Wildman–Crippen MR) is 102 cm³/mol. The van der Waals surface area contributed by atoms with E-state index in [9.17, 15) is 4.79 Å². The van der Waals surface area contributed by atoms with E-state index in [4.69, 9.17) is 16.3 Å². The van der Waals surface area contributed by atoms with Crippen LogP contribution in [0.3, 0.4) is 0 Å². The third-order valence-electron chi connectivity index (χ3n) is 3.88. The third kappa shape index (κ3) is 4.00. The molecule has 0 unspecified atom stereocenters. The van der Waals surface area contributed by atoms with Gasteiger partial charge >= 0.3 is 0 Å². The minimum absolute atomic E-state index is 0.235. The Morgan fingerprint density at radius 3 is 2.84 bits per heavy atom. The molecule has 1 aromatic heterocycles. The van der Waals surface area contributed by atoms with Crippen molar-refractivity contribution in [2.75, 3.05) is 13.2 Å². The average molecular weight is 375 g/mol. The minimum atomic E-state index is -0.235. The van der Waals surface area contributed by atoms with E-state index < -0.39 is 0 Å². The summed E-state index contributed by atoms with van der Waals surface area (Å²) in [6, 6.07) is 13.2. The topological polar surface area (TPSA) is 43.6 Å². The zero-order chi connectivity index (χ0) is 17.8. The first-order valence-electron chi connectivity index (χ1n) is 8.11. The van der Waals surface area contributed by atoms with Crippen LogP contribution >= 0.6 is 22.9 Å². The van der Waals surface area contributed by atoms with Crippen molar-refractivity contribution in [1.82, 2.24) is 4.57 Å². The lowest BCUT2D eigenvalue weighted by atomic mass is 10.1. The zero-order valence-electron chi connectivity index (χ0n) is 14.2. The lowest BCUT2D eigenvalue weighted by Crippen LogP contribution is -2.20. The number of fused-ring (bicyclic) bond motifs is 1. The number of aryl methyl sites for hydroxylation is 1. The molecule has 3 rings (SSSR count). The van der Waals surface area contributed by atoms with Gasteiger partial charge in [0, 0.05) is 23.7 Å². The molecule has 0 radical (unpaired) electrons. The molecule has 2 aromatic carbocycles. The summed E-state index contributed by atoms with van der Waals surface area (Å²) in [4.78, 5) is 17.7. The summed E-state index contributed by atoms with van der Waals surface area (Å²) in [7, 11) is 0. The molecule has 1 amide bonds. The van der Waals surface area contributed by atoms with Crippen LogP contribution in [0.5, 0.6) is 0 Å². The van der Waals surface area contributed by atoms with Crippen molar-refractivity contribution in [3.05, 3.63) is 63.4 Å². The Balaban J connectivity index is 2.08. The summed E-state index contributed by atoms with van der Waals surface area (Å²) in [6.45, 7) is 5.73. The highest BCUT2D eigenvalue weighted by atomic mass is 35.5. The fourth-order valence-corrected chi connectivity index (χ4v) is 3.94. The smallest absolute Gasteiger partial charge is 0.279 e. The number of halogens is 1. The molecule has 0 aliphatic heterocycles. The summed E-state index contributed by atoms with van der Waals surface area (Å²) in [6.07, 6.45) is 0. The standard InChI is InChI=1S/C19H19ClN2O2S/c1-3-24-11-10-22-16-9-8-14(20)12-17(16)25-19(22)21-18(23)15-7-5-4-6-13(15)2/h4-9,12H,3,10-11H2,1-2H3. The number of rotatable bonds is 5. The number of benzene rings is 2. The van der Waals surface area contributed by atoms with Gasteiger partial charge in [0.25, 0.3) is 5.91 Å². The predicted octanol–water partition coefficient (Wildman–Crippen LogP) is 4.44. The molecule has 4 nitrogen and oxygen atoms in total. The number of hydrogen-bond acceptors (Lipinski definition) is 3. The first kappa shape index (κ1) is 17.9. The summed E-state index contributed by atoms with van der Waals surface area (Å²) in [5.41, 5.74) is 2.54. The first-order chi connectivity index (χ1) is 12.1. The van der Waals surface area contributed by atoms with E-state index in [0.717, 1.165) is 15.8 Å². The van der Waals surface area contributed by atoms with E-state index in [1.807, 2.05) is 54.8 Å². The molecule has 3 aromatic rings. The molecule has 0 atom stereocenters. The van der Waals surface area contributed by atoms with Crippen LogP contribution in [-0.4, -0.2) is 23.7 Å². The van der Waals surface area contributed by atoms with Crippen molar-refractivity contribution in [1.29, 1.82) is 0 Å². The van der Waals surface area contributed by atoms with Gasteiger partial charge < -0.3 is 9.30 Å². The second-order valence-electron chi connectivity index (χ2n) is 5.58. The normalized spacial score (nSPS) is 12.0. The van der Waals surface area contributed by atoms with Crippen molar-refractivity contribution < 1.29 is 9.53 Å². The number of ether oxygens (including phenoxy) is 1. The van der Waals surface area contributed by atoms with Crippen molar-refractivity contribution in [2.24, 2.45) is 4.99 Å². The fraction of sp³-hybridized carbons (Fsp3) is 0.263. The van der Waals surface area contributed by atoms with Crippen molar-refractivity contribution in [3.63, 3.8) is 0 Å². The van der Waals surface area contributed by atoms with Crippen LogP contribution in [-0.2, 0) is 11.3 Å². The number of thiazole rings is 1. The quantitative estimate of drug-likeness (QED) is 0.619. The largest absolute Gasteiger partial charge is 0.380 e. The molecule has 130 valence electrons. The van der Waals surface area contributed by atoms with Crippen LogP contribution in [0.1, 0.15) is 22.8 Å². The molecule has 0 fully saturated rings. The van der Waals surface area contributed by atoms with E-state index in [1.54, 1.807) is 6.07 Å². The second-order valence-corrected chi connectivity index (χ2v) is 7.02. The molecule has 0 aliphatic rings. The Kier molecular flexibility index (Phi) is 5.68. The molecule has 0 N–H and O–H groups in total. The summed E-state index contributed by atoms with van der Waals surface area (Å²) in [5, 5.41) is 0.669. The third-order valence-corrected chi connectivity index (χ3v) is 5.16. The average Bonchev–Trinajstić information content (AvgIpc) is 2.92. The van der Waals surface area contributed by atoms with E-state index in [2.05, 4.69) is 4.99 Å². The van der Waals surface area contributed by atoms with Gasteiger partial charge in [-0.1, -0.05) is 41.1 Å². The Labute approximate surface area is 155 Å². The number of amides is 1. The van der Waals surface area contributed by atoms with Crippen molar-refractivity contribution >= 4 is 39.1 Å². The molecule has 1 heterocycles. The summed E-state index contributed by atoms with van der Waals surface area (Å²) in [5.74, 6) is -0.235. The molecule has 0 saturated heterocycles. The van der Waals surface area contributed by atoms with Crippen molar-refractivity contribution in [2.45, 2.75) is 20.4 Å². The van der Waals surface area contributed by atoms with Gasteiger partial charge in [0.05, 0.1) is 16.8 Å². The van der Waals surface area contributed by atoms with Crippen LogP contribution < -0.4 is 4.80 Å². The Morgan fingerprint density at radius 2 is 2.08 bits per heavy atom. The molecule has 0 aliphatic carbocycles. The molecular weight excluding hydrogens is 356 g/mol. The van der Waals surface area contributed by atoms with Crippen molar-refractivity contribution in [3.8, 4) is 0 Å². The van der Waals surface area contributed by atoms with E-state index in [0.29, 0.717) is 35.1 Å². The maximum absolute atomic E-state index is 12.6. The van der Waals surface area contributed by atoms with Crippen LogP contribution in [0, 0.1) is 6.92 Å². The van der Waals surface area contributed by atoms with Crippen LogP contribution in [0.25, 0.3) is 10.2 Å². The number of aromatic nitrogens is 1.